The summed E-state index contributed by atoms with van der Waals surface area (Å²) in [6.07, 6.45) is -4.78. The second-order valence-electron chi connectivity index (χ2n) is 1.82. The van der Waals surface area contributed by atoms with Gasteiger partial charge in [0.2, 0.25) is 5.88 Å². The van der Waals surface area contributed by atoms with Crippen LogP contribution in [0.4, 0.5) is 19.0 Å². The Morgan fingerprint density at radius 3 is 2.50 bits per heavy atom. The third-order valence-corrected chi connectivity index (χ3v) is 1.16. The molecule has 0 amide bonds. The van der Waals surface area contributed by atoms with Gasteiger partial charge in [0, 0.05) is 17.8 Å². The van der Waals surface area contributed by atoms with Crippen molar-refractivity contribution in [1.82, 2.24) is 9.30 Å². The SMILES string of the molecule is Nc1cc(OC(F)(F)F)nn1Cl. The Bertz CT molecular complexity index is 264. The summed E-state index contributed by atoms with van der Waals surface area (Å²) < 4.78 is 38.5. The fourth-order valence-corrected chi connectivity index (χ4v) is 0.645. The molecule has 0 aromatic carbocycles. The van der Waals surface area contributed by atoms with Crippen molar-refractivity contribution in [3.05, 3.63) is 6.07 Å². The summed E-state index contributed by atoms with van der Waals surface area (Å²) in [4.78, 5) is 0. The van der Waals surface area contributed by atoms with Crippen molar-refractivity contribution in [3.8, 4) is 5.88 Å². The van der Waals surface area contributed by atoms with E-state index in [-0.39, 0.29) is 5.82 Å². The number of aromatic nitrogens is 2. The first-order chi connectivity index (χ1) is 5.38. The second kappa shape index (κ2) is 2.74. The van der Waals surface area contributed by atoms with E-state index >= 15 is 0 Å². The van der Waals surface area contributed by atoms with Crippen molar-refractivity contribution in [1.29, 1.82) is 0 Å². The highest BCUT2D eigenvalue weighted by Crippen LogP contribution is 2.23. The largest absolute Gasteiger partial charge is 0.574 e. The minimum absolute atomic E-state index is 0.129. The predicted octanol–water partition coefficient (Wildman–Crippen LogP) is 1.37. The van der Waals surface area contributed by atoms with Gasteiger partial charge in [-0.3, -0.25) is 0 Å². The normalized spacial score (nSPS) is 11.7. The third-order valence-electron chi connectivity index (χ3n) is 0.891. The van der Waals surface area contributed by atoms with Crippen molar-refractivity contribution >= 4 is 17.6 Å². The molecule has 8 heteroatoms. The van der Waals surface area contributed by atoms with Gasteiger partial charge in [-0.25, -0.2) is 0 Å². The molecule has 0 unspecified atom stereocenters. The van der Waals surface area contributed by atoms with E-state index in [1.165, 1.54) is 0 Å². The molecular weight excluding hydrogens is 199 g/mol. The molecule has 0 radical (unpaired) electrons. The number of hydrogen-bond donors (Lipinski definition) is 1. The van der Waals surface area contributed by atoms with Gasteiger partial charge in [-0.15, -0.1) is 18.3 Å². The summed E-state index contributed by atoms with van der Waals surface area (Å²) >= 11 is 5.19. The summed E-state index contributed by atoms with van der Waals surface area (Å²) in [5.74, 6) is -0.814. The lowest BCUT2D eigenvalue weighted by atomic mass is 10.6. The lowest BCUT2D eigenvalue weighted by Gasteiger charge is -2.03. The van der Waals surface area contributed by atoms with Crippen LogP contribution in [0.1, 0.15) is 0 Å². The van der Waals surface area contributed by atoms with Crippen LogP contribution in [0.15, 0.2) is 6.07 Å². The number of ether oxygens (including phenoxy) is 1. The number of nitrogen functional groups attached to an aromatic ring is 1. The van der Waals surface area contributed by atoms with Crippen LogP contribution < -0.4 is 10.5 Å². The quantitative estimate of drug-likeness (QED) is 0.747. The summed E-state index contributed by atoms with van der Waals surface area (Å²) in [7, 11) is 0. The summed E-state index contributed by atoms with van der Waals surface area (Å²) in [5, 5.41) is 3.11. The molecule has 4 nitrogen and oxygen atoms in total. The van der Waals surface area contributed by atoms with Gasteiger partial charge in [-0.05, 0) is 0 Å². The number of hydrogen-bond acceptors (Lipinski definition) is 3. The van der Waals surface area contributed by atoms with Gasteiger partial charge in [0.15, 0.2) is 0 Å². The maximum Gasteiger partial charge on any atom is 0.574 e. The fourth-order valence-electron chi connectivity index (χ4n) is 0.521. The smallest absolute Gasteiger partial charge is 0.386 e. The first-order valence-electron chi connectivity index (χ1n) is 2.66. The average Bonchev–Trinajstić information content (AvgIpc) is 2.07. The zero-order valence-electron chi connectivity index (χ0n) is 5.47. The highest BCUT2D eigenvalue weighted by Gasteiger charge is 2.32. The first-order valence-corrected chi connectivity index (χ1v) is 3.00. The lowest BCUT2D eigenvalue weighted by Crippen LogP contribution is -2.17. The molecule has 68 valence electrons. The van der Waals surface area contributed by atoms with Crippen molar-refractivity contribution < 1.29 is 17.9 Å². The standard InChI is InChI=1S/C4H3ClF3N3O/c5-11-2(9)1-3(10-11)12-4(6,7)8/h1H,9H2. The molecule has 0 aliphatic carbocycles. The summed E-state index contributed by atoms with van der Waals surface area (Å²) in [6, 6.07) is 0.862. The van der Waals surface area contributed by atoms with E-state index in [1.54, 1.807) is 0 Å². The highest BCUT2D eigenvalue weighted by molar-refractivity contribution is 6.16. The Kier molecular flexibility index (Phi) is 2.05. The van der Waals surface area contributed by atoms with Gasteiger partial charge in [0.1, 0.15) is 5.82 Å². The molecule has 1 aromatic heterocycles. The lowest BCUT2D eigenvalue weighted by molar-refractivity contribution is -0.276. The summed E-state index contributed by atoms with van der Waals surface area (Å²) in [5.41, 5.74) is 5.08. The molecule has 0 spiro atoms. The highest BCUT2D eigenvalue weighted by atomic mass is 35.5. The van der Waals surface area contributed by atoms with Crippen molar-refractivity contribution in [2.24, 2.45) is 0 Å². The van der Waals surface area contributed by atoms with Gasteiger partial charge in [-0.1, -0.05) is 0 Å². The zero-order valence-corrected chi connectivity index (χ0v) is 6.23. The van der Waals surface area contributed by atoms with Crippen LogP contribution in [0.5, 0.6) is 5.88 Å². The number of rotatable bonds is 1. The Balaban J connectivity index is 2.77. The number of anilines is 1. The molecule has 0 fully saturated rings. The van der Waals surface area contributed by atoms with Crippen LogP contribution in [0.3, 0.4) is 0 Å². The van der Waals surface area contributed by atoms with Gasteiger partial charge >= 0.3 is 6.36 Å². The Morgan fingerprint density at radius 1 is 1.58 bits per heavy atom. The van der Waals surface area contributed by atoms with E-state index in [4.69, 9.17) is 17.5 Å². The van der Waals surface area contributed by atoms with Crippen molar-refractivity contribution in [2.75, 3.05) is 5.73 Å². The van der Waals surface area contributed by atoms with Crippen LogP contribution >= 0.6 is 11.8 Å². The van der Waals surface area contributed by atoms with Gasteiger partial charge < -0.3 is 10.5 Å². The zero-order chi connectivity index (χ0) is 9.35. The first kappa shape index (κ1) is 8.98. The molecule has 2 N–H and O–H groups in total. The van der Waals surface area contributed by atoms with Crippen molar-refractivity contribution in [3.63, 3.8) is 0 Å². The van der Waals surface area contributed by atoms with E-state index in [0.717, 1.165) is 6.07 Å². The number of nitrogens with zero attached hydrogens (tertiary/aromatic N) is 2. The maximum atomic E-state index is 11.5. The van der Waals surface area contributed by atoms with E-state index in [0.29, 0.717) is 4.20 Å². The van der Waals surface area contributed by atoms with Gasteiger partial charge in [-0.2, -0.15) is 4.20 Å². The average molecular weight is 202 g/mol. The second-order valence-corrected chi connectivity index (χ2v) is 2.14. The molecule has 1 heterocycles. The molecule has 0 atom stereocenters. The maximum absolute atomic E-state index is 11.5. The number of nitrogens with two attached hydrogens (primary N) is 1. The van der Waals surface area contributed by atoms with E-state index in [2.05, 4.69) is 9.84 Å². The van der Waals surface area contributed by atoms with E-state index < -0.39 is 12.2 Å². The molecule has 0 aliphatic heterocycles. The minimum Gasteiger partial charge on any atom is -0.386 e. The minimum atomic E-state index is -4.78. The fraction of sp³-hybridized carbons (Fsp3) is 0.250. The van der Waals surface area contributed by atoms with Crippen LogP contribution in [0.2, 0.25) is 0 Å². The Morgan fingerprint density at radius 2 is 2.17 bits per heavy atom. The van der Waals surface area contributed by atoms with Gasteiger partial charge in [0.05, 0.1) is 0 Å². The molecule has 12 heavy (non-hydrogen) atoms. The molecule has 0 bridgehead atoms. The number of halogens is 4. The number of alkyl halides is 3. The van der Waals surface area contributed by atoms with Gasteiger partial charge in [0.25, 0.3) is 0 Å². The Labute approximate surface area is 69.8 Å². The predicted molar refractivity (Wildman–Crippen MR) is 34.6 cm³/mol. The van der Waals surface area contributed by atoms with E-state index in [9.17, 15) is 13.2 Å². The topological polar surface area (TPSA) is 53.1 Å². The Hall–Kier alpha value is -1.11. The van der Waals surface area contributed by atoms with Crippen LogP contribution in [-0.4, -0.2) is 15.7 Å². The molecule has 0 aliphatic rings. The van der Waals surface area contributed by atoms with Crippen LogP contribution in [0.25, 0.3) is 0 Å². The monoisotopic (exact) mass is 201 g/mol. The molecule has 0 saturated carbocycles. The van der Waals surface area contributed by atoms with Crippen LogP contribution in [-0.2, 0) is 0 Å². The molecule has 0 saturated heterocycles. The summed E-state index contributed by atoms with van der Waals surface area (Å²) in [6.45, 7) is 0. The molecule has 1 aromatic rings. The van der Waals surface area contributed by atoms with E-state index in [1.807, 2.05) is 0 Å². The van der Waals surface area contributed by atoms with Crippen LogP contribution in [0, 0.1) is 0 Å². The molecular formula is C4H3ClF3N3O. The van der Waals surface area contributed by atoms with Crippen molar-refractivity contribution in [2.45, 2.75) is 6.36 Å². The third kappa shape index (κ3) is 2.19. The molecule has 1 rings (SSSR count).